The lowest BCUT2D eigenvalue weighted by molar-refractivity contribution is -0.312. The molecule has 1 fully saturated rings. The molecule has 0 aromatic carbocycles. The Balaban J connectivity index is 2.04. The van der Waals surface area contributed by atoms with Crippen molar-refractivity contribution in [2.45, 2.75) is 49.8 Å². The van der Waals surface area contributed by atoms with E-state index < -0.39 is 55.5 Å². The van der Waals surface area contributed by atoms with E-state index in [9.17, 15) is 20.1 Å². The molecule has 0 unspecified atom stereocenters. The Morgan fingerprint density at radius 2 is 1.95 bits per heavy atom. The van der Waals surface area contributed by atoms with Gasteiger partial charge in [-0.3, -0.25) is 0 Å². The second kappa shape index (κ2) is 6.17. The number of esters is 1. The van der Waals surface area contributed by atoms with Crippen LogP contribution >= 0.6 is 0 Å². The summed E-state index contributed by atoms with van der Waals surface area (Å²) in [6, 6.07) is 0. The zero-order chi connectivity index (χ0) is 14.9. The third-order valence-corrected chi connectivity index (χ3v) is 3.33. The minimum Gasteiger partial charge on any atom is -0.456 e. The predicted octanol–water partition coefficient (Wildman–Crippen LogP) is -2.33. The van der Waals surface area contributed by atoms with Crippen LogP contribution in [0.25, 0.3) is 0 Å². The van der Waals surface area contributed by atoms with Crippen LogP contribution < -0.4 is 0 Å². The maximum atomic E-state index is 11.0. The Morgan fingerprint density at radius 1 is 1.25 bits per heavy atom. The van der Waals surface area contributed by atoms with E-state index in [0.29, 0.717) is 0 Å². The Morgan fingerprint density at radius 3 is 2.55 bits per heavy atom. The first kappa shape index (κ1) is 15.4. The molecule has 7 atom stereocenters. The van der Waals surface area contributed by atoms with Crippen LogP contribution in [0.5, 0.6) is 0 Å². The molecule has 0 aliphatic carbocycles. The number of ether oxygens (including phenoxy) is 3. The molecule has 2 rings (SSSR count). The van der Waals surface area contributed by atoms with Gasteiger partial charge in [-0.05, 0) is 13.0 Å². The molecular formula is C12H18O8. The molecule has 0 aromatic heterocycles. The van der Waals surface area contributed by atoms with Crippen molar-refractivity contribution in [3.05, 3.63) is 12.2 Å². The zero-order valence-corrected chi connectivity index (χ0v) is 10.8. The number of aliphatic hydroxyl groups is 4. The minimum atomic E-state index is -1.50. The third kappa shape index (κ3) is 3.00. The fraction of sp³-hybridized carbons (Fsp3) is 0.750. The first-order valence-electron chi connectivity index (χ1n) is 6.29. The van der Waals surface area contributed by atoms with Crippen LogP contribution in [0.2, 0.25) is 0 Å². The van der Waals surface area contributed by atoms with Gasteiger partial charge >= 0.3 is 5.97 Å². The average molecular weight is 290 g/mol. The fourth-order valence-electron chi connectivity index (χ4n) is 2.11. The molecule has 4 N–H and O–H groups in total. The first-order chi connectivity index (χ1) is 9.43. The van der Waals surface area contributed by atoms with E-state index in [0.717, 1.165) is 0 Å². The second-order valence-corrected chi connectivity index (χ2v) is 4.80. The van der Waals surface area contributed by atoms with Gasteiger partial charge in [0.25, 0.3) is 0 Å². The molecule has 20 heavy (non-hydrogen) atoms. The summed E-state index contributed by atoms with van der Waals surface area (Å²) in [5.74, 6) is -0.494. The molecular weight excluding hydrogens is 272 g/mol. The lowest BCUT2D eigenvalue weighted by Crippen LogP contribution is -2.60. The Hall–Kier alpha value is -1.03. The zero-order valence-electron chi connectivity index (χ0n) is 10.8. The van der Waals surface area contributed by atoms with Crippen molar-refractivity contribution in [1.29, 1.82) is 0 Å². The van der Waals surface area contributed by atoms with Crippen LogP contribution in [0, 0.1) is 0 Å². The average Bonchev–Trinajstić information content (AvgIpc) is 2.42. The summed E-state index contributed by atoms with van der Waals surface area (Å²) < 4.78 is 15.6. The Kier molecular flexibility index (Phi) is 4.74. The number of carbonyl (C=O) groups is 1. The number of hydrogen-bond donors (Lipinski definition) is 4. The molecule has 0 saturated carbocycles. The van der Waals surface area contributed by atoms with E-state index in [1.54, 1.807) is 6.92 Å². The van der Waals surface area contributed by atoms with Crippen LogP contribution in [-0.4, -0.2) is 75.9 Å². The molecule has 0 bridgehead atoms. The van der Waals surface area contributed by atoms with Gasteiger partial charge in [0.15, 0.2) is 6.29 Å². The van der Waals surface area contributed by atoms with E-state index in [4.69, 9.17) is 19.3 Å². The second-order valence-electron chi connectivity index (χ2n) is 4.80. The molecule has 2 aliphatic rings. The van der Waals surface area contributed by atoms with E-state index >= 15 is 0 Å². The smallest absolute Gasteiger partial charge is 0.330 e. The van der Waals surface area contributed by atoms with Crippen molar-refractivity contribution < 1.29 is 39.4 Å². The van der Waals surface area contributed by atoms with Crippen LogP contribution in [0.3, 0.4) is 0 Å². The van der Waals surface area contributed by atoms with Crippen LogP contribution in [0.1, 0.15) is 6.92 Å². The highest BCUT2D eigenvalue weighted by atomic mass is 16.7. The van der Waals surface area contributed by atoms with Crippen molar-refractivity contribution in [2.24, 2.45) is 0 Å². The molecule has 2 aliphatic heterocycles. The maximum Gasteiger partial charge on any atom is 0.330 e. The van der Waals surface area contributed by atoms with Crippen LogP contribution in [0.15, 0.2) is 12.2 Å². The SMILES string of the molecule is C[C@@H]1OC(=O)C=C[C@H]1O[C@@H]1O[C@@H](CO)[C@@H](O)[C@H](O)[C@@H]1O. The molecule has 0 spiro atoms. The van der Waals surface area contributed by atoms with Crippen molar-refractivity contribution >= 4 is 5.97 Å². The van der Waals surface area contributed by atoms with Gasteiger partial charge in [0, 0.05) is 6.08 Å². The largest absolute Gasteiger partial charge is 0.456 e. The van der Waals surface area contributed by atoms with Gasteiger partial charge in [0.2, 0.25) is 0 Å². The van der Waals surface area contributed by atoms with Crippen molar-refractivity contribution in [1.82, 2.24) is 0 Å². The minimum absolute atomic E-state index is 0.494. The lowest BCUT2D eigenvalue weighted by atomic mass is 9.99. The van der Waals surface area contributed by atoms with E-state index in [2.05, 4.69) is 0 Å². The summed E-state index contributed by atoms with van der Waals surface area (Å²) in [6.07, 6.45) is -5.31. The molecule has 0 aromatic rings. The van der Waals surface area contributed by atoms with E-state index in [1.807, 2.05) is 0 Å². The van der Waals surface area contributed by atoms with Gasteiger partial charge in [-0.25, -0.2) is 4.79 Å². The van der Waals surface area contributed by atoms with Gasteiger partial charge in [0.1, 0.15) is 36.6 Å². The fourth-order valence-corrected chi connectivity index (χ4v) is 2.11. The topological polar surface area (TPSA) is 126 Å². The molecule has 8 heteroatoms. The highest BCUT2D eigenvalue weighted by Crippen LogP contribution is 2.25. The maximum absolute atomic E-state index is 11.0. The van der Waals surface area contributed by atoms with Crippen LogP contribution in [0.4, 0.5) is 0 Å². The number of carbonyl (C=O) groups excluding carboxylic acids is 1. The highest BCUT2D eigenvalue weighted by molar-refractivity contribution is 5.83. The van der Waals surface area contributed by atoms with Crippen molar-refractivity contribution in [3.8, 4) is 0 Å². The summed E-state index contributed by atoms with van der Waals surface area (Å²) >= 11 is 0. The van der Waals surface area contributed by atoms with Crippen molar-refractivity contribution in [3.63, 3.8) is 0 Å². The van der Waals surface area contributed by atoms with Gasteiger partial charge in [0.05, 0.1) is 6.61 Å². The molecule has 0 amide bonds. The monoisotopic (exact) mass is 290 g/mol. The quantitative estimate of drug-likeness (QED) is 0.427. The summed E-state index contributed by atoms with van der Waals surface area (Å²) in [5, 5.41) is 38.1. The first-order valence-corrected chi connectivity index (χ1v) is 6.29. The van der Waals surface area contributed by atoms with Gasteiger partial charge in [-0.2, -0.15) is 0 Å². The number of rotatable bonds is 3. The molecule has 2 heterocycles. The highest BCUT2D eigenvalue weighted by Gasteiger charge is 2.45. The van der Waals surface area contributed by atoms with Crippen LogP contribution in [-0.2, 0) is 19.0 Å². The predicted molar refractivity (Wildman–Crippen MR) is 63.3 cm³/mol. The molecule has 1 saturated heterocycles. The number of cyclic esters (lactones) is 1. The Bertz CT molecular complexity index is 382. The molecule has 0 radical (unpaired) electrons. The van der Waals surface area contributed by atoms with Gasteiger partial charge < -0.3 is 34.6 Å². The number of hydrogen-bond acceptors (Lipinski definition) is 8. The summed E-state index contributed by atoms with van der Waals surface area (Å²) in [7, 11) is 0. The normalized spacial score (nSPS) is 45.2. The summed E-state index contributed by atoms with van der Waals surface area (Å²) in [5.41, 5.74) is 0. The third-order valence-electron chi connectivity index (χ3n) is 3.33. The van der Waals surface area contributed by atoms with Gasteiger partial charge in [-0.15, -0.1) is 0 Å². The van der Waals surface area contributed by atoms with E-state index in [-0.39, 0.29) is 0 Å². The molecule has 8 nitrogen and oxygen atoms in total. The summed E-state index contributed by atoms with van der Waals surface area (Å²) in [4.78, 5) is 11.0. The summed E-state index contributed by atoms with van der Waals surface area (Å²) in [6.45, 7) is 1.08. The number of aliphatic hydroxyl groups excluding tert-OH is 4. The standard InChI is InChI=1S/C12H18O8/c1-5-6(2-3-8(14)18-5)19-12-11(17)10(16)9(15)7(4-13)20-12/h2-3,5-7,9-13,15-17H,4H2,1H3/t5-,6+,7-,9+,10-,11-,12+/m0/s1. The van der Waals surface area contributed by atoms with E-state index in [1.165, 1.54) is 12.2 Å². The molecule has 114 valence electrons. The van der Waals surface area contributed by atoms with Crippen molar-refractivity contribution in [2.75, 3.05) is 6.61 Å². The lowest BCUT2D eigenvalue weighted by Gasteiger charge is -2.41. The Labute approximate surface area is 115 Å². The van der Waals surface area contributed by atoms with Gasteiger partial charge in [-0.1, -0.05) is 0 Å².